The van der Waals surface area contributed by atoms with Crippen LogP contribution in [-0.4, -0.2) is 12.6 Å². The summed E-state index contributed by atoms with van der Waals surface area (Å²) in [6, 6.07) is 5.16. The zero-order valence-corrected chi connectivity index (χ0v) is 12.4. The van der Waals surface area contributed by atoms with Crippen LogP contribution < -0.4 is 5.32 Å². The maximum atomic E-state index is 13.0. The van der Waals surface area contributed by atoms with Gasteiger partial charge in [0.25, 0.3) is 0 Å². The van der Waals surface area contributed by atoms with E-state index < -0.39 is 0 Å². The first kappa shape index (κ1) is 15.5. The summed E-state index contributed by atoms with van der Waals surface area (Å²) in [6.07, 6.45) is 1.94. The molecule has 0 aliphatic rings. The van der Waals surface area contributed by atoms with Gasteiger partial charge in [0.15, 0.2) is 0 Å². The summed E-state index contributed by atoms with van der Waals surface area (Å²) in [6.45, 7) is 9.71. The van der Waals surface area contributed by atoms with Crippen molar-refractivity contribution in [2.75, 3.05) is 6.54 Å². The summed E-state index contributed by atoms with van der Waals surface area (Å²) >= 11 is 6.06. The smallest absolute Gasteiger partial charge is 0.124 e. The molecule has 0 amide bonds. The summed E-state index contributed by atoms with van der Waals surface area (Å²) < 4.78 is 13.0. The molecule has 0 aliphatic carbocycles. The number of hydrogen-bond donors (Lipinski definition) is 1. The number of nitrogens with one attached hydrogen (secondary N) is 1. The lowest BCUT2D eigenvalue weighted by molar-refractivity contribution is 0.320. The molecule has 18 heavy (non-hydrogen) atoms. The normalized spacial score (nSPS) is 12.2. The molecule has 1 N–H and O–H groups in total. The second-order valence-electron chi connectivity index (χ2n) is 5.94. The molecule has 1 rings (SSSR count). The van der Waals surface area contributed by atoms with Crippen molar-refractivity contribution in [3.63, 3.8) is 0 Å². The van der Waals surface area contributed by atoms with Gasteiger partial charge in [-0.2, -0.15) is 0 Å². The van der Waals surface area contributed by atoms with Gasteiger partial charge in [-0.1, -0.05) is 45.4 Å². The molecular formula is C15H23ClFN. The topological polar surface area (TPSA) is 12.0 Å². The molecular weight excluding hydrogens is 249 g/mol. The van der Waals surface area contributed by atoms with Crippen LogP contribution in [0.15, 0.2) is 18.2 Å². The van der Waals surface area contributed by atoms with E-state index in [9.17, 15) is 4.39 Å². The van der Waals surface area contributed by atoms with Crippen LogP contribution in [0.1, 0.15) is 39.7 Å². The van der Waals surface area contributed by atoms with Crippen LogP contribution in [0.2, 0.25) is 5.02 Å². The predicted molar refractivity (Wildman–Crippen MR) is 76.7 cm³/mol. The van der Waals surface area contributed by atoms with E-state index in [4.69, 9.17) is 11.6 Å². The van der Waals surface area contributed by atoms with E-state index in [1.807, 2.05) is 0 Å². The lowest BCUT2D eigenvalue weighted by Crippen LogP contribution is -2.28. The van der Waals surface area contributed by atoms with Crippen molar-refractivity contribution in [3.8, 4) is 0 Å². The van der Waals surface area contributed by atoms with Gasteiger partial charge in [0.2, 0.25) is 0 Å². The van der Waals surface area contributed by atoms with E-state index in [2.05, 4.69) is 33.0 Å². The maximum absolute atomic E-state index is 13.0. The fourth-order valence-corrected chi connectivity index (χ4v) is 2.20. The van der Waals surface area contributed by atoms with Crippen LogP contribution in [-0.2, 0) is 6.42 Å². The van der Waals surface area contributed by atoms with Crippen molar-refractivity contribution in [2.45, 2.75) is 46.6 Å². The van der Waals surface area contributed by atoms with Gasteiger partial charge in [-0.05, 0) is 42.5 Å². The number of hydrogen-bond acceptors (Lipinski definition) is 1. The Labute approximate surface area is 115 Å². The largest absolute Gasteiger partial charge is 0.315 e. The Morgan fingerprint density at radius 1 is 1.33 bits per heavy atom. The highest BCUT2D eigenvalue weighted by Gasteiger charge is 2.19. The number of rotatable bonds is 6. The molecule has 0 aliphatic heterocycles. The highest BCUT2D eigenvalue weighted by atomic mass is 35.5. The minimum atomic E-state index is -0.275. The van der Waals surface area contributed by atoms with Gasteiger partial charge in [0.05, 0.1) is 0 Å². The highest BCUT2D eigenvalue weighted by Crippen LogP contribution is 2.29. The monoisotopic (exact) mass is 271 g/mol. The van der Waals surface area contributed by atoms with E-state index in [-0.39, 0.29) is 11.2 Å². The first-order valence-electron chi connectivity index (χ1n) is 6.47. The van der Waals surface area contributed by atoms with Crippen LogP contribution in [0.25, 0.3) is 0 Å². The van der Waals surface area contributed by atoms with E-state index in [1.165, 1.54) is 12.1 Å². The number of benzene rings is 1. The van der Waals surface area contributed by atoms with Gasteiger partial charge in [0.1, 0.15) is 5.82 Å². The van der Waals surface area contributed by atoms with Crippen molar-refractivity contribution in [3.05, 3.63) is 34.6 Å². The van der Waals surface area contributed by atoms with Gasteiger partial charge in [-0.25, -0.2) is 4.39 Å². The van der Waals surface area contributed by atoms with E-state index in [0.29, 0.717) is 11.1 Å². The van der Waals surface area contributed by atoms with Crippen molar-refractivity contribution >= 4 is 11.6 Å². The maximum Gasteiger partial charge on any atom is 0.124 e. The van der Waals surface area contributed by atoms with Gasteiger partial charge < -0.3 is 5.32 Å². The third kappa shape index (κ3) is 5.36. The Kier molecular flexibility index (Phi) is 5.61. The molecule has 1 aromatic rings. The standard InChI is InChI=1S/C15H23ClFN/c1-11(2)18-8-7-15(3,4)10-12-5-6-13(17)9-14(12)16/h5-6,9,11,18H,7-8,10H2,1-4H3. The molecule has 0 saturated carbocycles. The van der Waals surface area contributed by atoms with Gasteiger partial charge >= 0.3 is 0 Å². The molecule has 0 unspecified atom stereocenters. The van der Waals surface area contributed by atoms with E-state index in [1.54, 1.807) is 6.07 Å². The predicted octanol–water partition coefficient (Wildman–Crippen LogP) is 4.44. The van der Waals surface area contributed by atoms with Crippen LogP contribution >= 0.6 is 11.6 Å². The summed E-state index contributed by atoms with van der Waals surface area (Å²) in [5, 5.41) is 3.95. The molecule has 3 heteroatoms. The van der Waals surface area contributed by atoms with Crippen LogP contribution in [0.3, 0.4) is 0 Å². The molecule has 0 spiro atoms. The van der Waals surface area contributed by atoms with Crippen molar-refractivity contribution in [1.29, 1.82) is 0 Å². The molecule has 0 atom stereocenters. The molecule has 0 bridgehead atoms. The summed E-state index contributed by atoms with van der Waals surface area (Å²) in [5.41, 5.74) is 1.18. The van der Waals surface area contributed by atoms with Crippen molar-refractivity contribution in [1.82, 2.24) is 5.32 Å². The Morgan fingerprint density at radius 2 is 2.00 bits per heavy atom. The molecule has 0 aromatic heterocycles. The first-order valence-corrected chi connectivity index (χ1v) is 6.85. The Balaban J connectivity index is 2.58. The van der Waals surface area contributed by atoms with Crippen molar-refractivity contribution in [2.24, 2.45) is 5.41 Å². The molecule has 0 saturated heterocycles. The third-order valence-electron chi connectivity index (χ3n) is 3.04. The van der Waals surface area contributed by atoms with Crippen LogP contribution in [0, 0.1) is 11.2 Å². The zero-order chi connectivity index (χ0) is 13.8. The Bertz CT molecular complexity index is 388. The molecule has 102 valence electrons. The average molecular weight is 272 g/mol. The first-order chi connectivity index (χ1) is 8.30. The third-order valence-corrected chi connectivity index (χ3v) is 3.39. The second-order valence-corrected chi connectivity index (χ2v) is 6.34. The summed E-state index contributed by atoms with van der Waals surface area (Å²) in [5.74, 6) is -0.275. The van der Waals surface area contributed by atoms with Gasteiger partial charge in [-0.3, -0.25) is 0 Å². The quantitative estimate of drug-likeness (QED) is 0.807. The molecule has 0 radical (unpaired) electrons. The average Bonchev–Trinajstić information content (AvgIpc) is 2.21. The minimum Gasteiger partial charge on any atom is -0.315 e. The lowest BCUT2D eigenvalue weighted by Gasteiger charge is -2.26. The second kappa shape index (κ2) is 6.53. The zero-order valence-electron chi connectivity index (χ0n) is 11.7. The minimum absolute atomic E-state index is 0.156. The number of halogens is 2. The molecule has 1 aromatic carbocycles. The summed E-state index contributed by atoms with van der Waals surface area (Å²) in [7, 11) is 0. The molecule has 1 nitrogen and oxygen atoms in total. The van der Waals surface area contributed by atoms with E-state index >= 15 is 0 Å². The van der Waals surface area contributed by atoms with Gasteiger partial charge in [-0.15, -0.1) is 0 Å². The Morgan fingerprint density at radius 3 is 2.56 bits per heavy atom. The van der Waals surface area contributed by atoms with Crippen LogP contribution in [0.5, 0.6) is 0 Å². The summed E-state index contributed by atoms with van der Waals surface area (Å²) in [4.78, 5) is 0. The van der Waals surface area contributed by atoms with Gasteiger partial charge in [0, 0.05) is 11.1 Å². The van der Waals surface area contributed by atoms with E-state index in [0.717, 1.165) is 24.9 Å². The fourth-order valence-electron chi connectivity index (χ4n) is 1.97. The lowest BCUT2D eigenvalue weighted by atomic mass is 9.82. The highest BCUT2D eigenvalue weighted by molar-refractivity contribution is 6.31. The molecule has 0 heterocycles. The van der Waals surface area contributed by atoms with Crippen LogP contribution in [0.4, 0.5) is 4.39 Å². The SMILES string of the molecule is CC(C)NCCC(C)(C)Cc1ccc(F)cc1Cl. The fraction of sp³-hybridized carbons (Fsp3) is 0.600. The Hall–Kier alpha value is -0.600. The van der Waals surface area contributed by atoms with Crippen molar-refractivity contribution < 1.29 is 4.39 Å². The molecule has 0 fully saturated rings.